The number of hydrogen-bond acceptors (Lipinski definition) is 1. The maximum Gasteiger partial charge on any atom is 0.0991 e. The molecule has 0 bridgehead atoms. The highest BCUT2D eigenvalue weighted by molar-refractivity contribution is 5.33. The van der Waals surface area contributed by atoms with E-state index < -0.39 is 0 Å². The minimum Gasteiger partial charge on any atom is -0.192 e. The van der Waals surface area contributed by atoms with Crippen molar-refractivity contribution in [3.63, 3.8) is 0 Å². The third-order valence-electron chi connectivity index (χ3n) is 8.01. The summed E-state index contributed by atoms with van der Waals surface area (Å²) < 4.78 is 0. The molecule has 160 valence electrons. The molecule has 0 unspecified atom stereocenters. The Morgan fingerprint density at radius 3 is 1.59 bits per heavy atom. The minimum absolute atomic E-state index is 0.728. The first kappa shape index (κ1) is 22.4. The zero-order valence-corrected chi connectivity index (χ0v) is 18.9. The molecule has 1 heteroatoms. The van der Waals surface area contributed by atoms with E-state index in [0.29, 0.717) is 0 Å². The van der Waals surface area contributed by atoms with Crippen LogP contribution in [-0.4, -0.2) is 0 Å². The molecule has 29 heavy (non-hydrogen) atoms. The molecule has 2 aliphatic carbocycles. The number of nitriles is 1. The van der Waals surface area contributed by atoms with Crippen LogP contribution in [0, 0.1) is 29.1 Å². The fourth-order valence-electron chi connectivity index (χ4n) is 5.97. The smallest absolute Gasteiger partial charge is 0.0991 e. The molecule has 0 aliphatic heterocycles. The predicted octanol–water partition coefficient (Wildman–Crippen LogP) is 8.78. The van der Waals surface area contributed by atoms with Crippen LogP contribution in [0.4, 0.5) is 0 Å². The van der Waals surface area contributed by atoms with Gasteiger partial charge in [0.1, 0.15) is 0 Å². The summed E-state index contributed by atoms with van der Waals surface area (Å²) in [5.41, 5.74) is 2.24. The molecule has 0 aromatic heterocycles. The second kappa shape index (κ2) is 12.4. The SMILES string of the molecule is CCCCCC1CCC(CCCCC2CCC(c3ccc(C#N)cc3)CC2)CC1. The van der Waals surface area contributed by atoms with E-state index >= 15 is 0 Å². The quantitative estimate of drug-likeness (QED) is 0.364. The lowest BCUT2D eigenvalue weighted by atomic mass is 9.76. The van der Waals surface area contributed by atoms with E-state index in [1.807, 2.05) is 12.1 Å². The first-order chi connectivity index (χ1) is 14.3. The van der Waals surface area contributed by atoms with Crippen LogP contribution in [0.15, 0.2) is 24.3 Å². The van der Waals surface area contributed by atoms with Gasteiger partial charge in [-0.15, -0.1) is 0 Å². The van der Waals surface area contributed by atoms with E-state index in [4.69, 9.17) is 5.26 Å². The average Bonchev–Trinajstić information content (AvgIpc) is 2.78. The third kappa shape index (κ3) is 7.47. The number of benzene rings is 1. The molecule has 1 aromatic carbocycles. The van der Waals surface area contributed by atoms with E-state index in [2.05, 4.69) is 25.1 Å². The van der Waals surface area contributed by atoms with Gasteiger partial charge in [-0.1, -0.05) is 96.1 Å². The van der Waals surface area contributed by atoms with Gasteiger partial charge in [0, 0.05) is 0 Å². The van der Waals surface area contributed by atoms with Gasteiger partial charge in [0.2, 0.25) is 0 Å². The van der Waals surface area contributed by atoms with Gasteiger partial charge in [-0.05, 0) is 67.1 Å². The standard InChI is InChI=1S/C28H43N/c1-2-3-4-7-23-10-12-24(13-11-23)8-5-6-9-25-14-18-27(19-15-25)28-20-16-26(22-29)17-21-28/h16-17,20-21,23-25,27H,2-15,18-19H2,1H3. The summed E-state index contributed by atoms with van der Waals surface area (Å²) in [7, 11) is 0. The Morgan fingerprint density at radius 2 is 1.14 bits per heavy atom. The van der Waals surface area contributed by atoms with Crippen molar-refractivity contribution in [2.24, 2.45) is 17.8 Å². The van der Waals surface area contributed by atoms with Gasteiger partial charge >= 0.3 is 0 Å². The van der Waals surface area contributed by atoms with Crippen molar-refractivity contribution >= 4 is 0 Å². The van der Waals surface area contributed by atoms with Crippen molar-refractivity contribution < 1.29 is 0 Å². The summed E-state index contributed by atoms with van der Waals surface area (Å²) in [5.74, 6) is 3.80. The summed E-state index contributed by atoms with van der Waals surface area (Å²) in [4.78, 5) is 0. The van der Waals surface area contributed by atoms with Gasteiger partial charge in [-0.3, -0.25) is 0 Å². The Labute approximate surface area is 180 Å². The van der Waals surface area contributed by atoms with Crippen LogP contribution in [0.5, 0.6) is 0 Å². The van der Waals surface area contributed by atoms with Gasteiger partial charge in [0.25, 0.3) is 0 Å². The molecule has 0 saturated heterocycles. The molecule has 0 N–H and O–H groups in total. The summed E-state index contributed by atoms with van der Waals surface area (Å²) in [5, 5.41) is 8.96. The van der Waals surface area contributed by atoms with Crippen molar-refractivity contribution in [3.8, 4) is 6.07 Å². The molecule has 0 spiro atoms. The van der Waals surface area contributed by atoms with E-state index in [-0.39, 0.29) is 0 Å². The first-order valence-electron chi connectivity index (χ1n) is 12.8. The summed E-state index contributed by atoms with van der Waals surface area (Å²) in [6.07, 6.45) is 23.3. The largest absolute Gasteiger partial charge is 0.192 e. The highest BCUT2D eigenvalue weighted by Crippen LogP contribution is 2.38. The topological polar surface area (TPSA) is 23.8 Å². The van der Waals surface area contributed by atoms with Gasteiger partial charge in [-0.25, -0.2) is 0 Å². The molecule has 0 amide bonds. The second-order valence-electron chi connectivity index (χ2n) is 10.1. The summed E-state index contributed by atoms with van der Waals surface area (Å²) in [6.45, 7) is 2.32. The molecule has 1 aromatic rings. The monoisotopic (exact) mass is 393 g/mol. The Kier molecular flexibility index (Phi) is 9.59. The lowest BCUT2D eigenvalue weighted by Crippen LogP contribution is -2.15. The Balaban J connectivity index is 1.24. The normalized spacial score (nSPS) is 27.4. The van der Waals surface area contributed by atoms with Gasteiger partial charge in [0.05, 0.1) is 11.6 Å². The fraction of sp³-hybridized carbons (Fsp3) is 0.750. The Bertz CT molecular complexity index is 594. The van der Waals surface area contributed by atoms with Crippen molar-refractivity contribution in [2.75, 3.05) is 0 Å². The van der Waals surface area contributed by atoms with E-state index in [1.54, 1.807) is 0 Å². The van der Waals surface area contributed by atoms with E-state index in [1.165, 1.54) is 108 Å². The first-order valence-corrected chi connectivity index (χ1v) is 12.8. The molecule has 0 radical (unpaired) electrons. The lowest BCUT2D eigenvalue weighted by Gasteiger charge is -2.30. The van der Waals surface area contributed by atoms with Gasteiger partial charge < -0.3 is 0 Å². The lowest BCUT2D eigenvalue weighted by molar-refractivity contribution is 0.240. The van der Waals surface area contributed by atoms with Gasteiger partial charge in [0.15, 0.2) is 0 Å². The highest BCUT2D eigenvalue weighted by Gasteiger charge is 2.23. The maximum atomic E-state index is 8.96. The average molecular weight is 394 g/mol. The highest BCUT2D eigenvalue weighted by atomic mass is 14.3. The fourth-order valence-corrected chi connectivity index (χ4v) is 5.97. The third-order valence-corrected chi connectivity index (χ3v) is 8.01. The molecule has 2 saturated carbocycles. The molecule has 0 heterocycles. The van der Waals surface area contributed by atoms with E-state index in [9.17, 15) is 0 Å². The van der Waals surface area contributed by atoms with Crippen LogP contribution in [0.2, 0.25) is 0 Å². The molecular formula is C28H43N. The number of rotatable bonds is 10. The molecule has 2 fully saturated rings. The van der Waals surface area contributed by atoms with Crippen LogP contribution in [0.25, 0.3) is 0 Å². The van der Waals surface area contributed by atoms with E-state index in [0.717, 1.165) is 29.2 Å². The van der Waals surface area contributed by atoms with Crippen LogP contribution in [0.1, 0.15) is 127 Å². The van der Waals surface area contributed by atoms with Crippen LogP contribution in [-0.2, 0) is 0 Å². The summed E-state index contributed by atoms with van der Waals surface area (Å²) >= 11 is 0. The van der Waals surface area contributed by atoms with Crippen LogP contribution >= 0.6 is 0 Å². The van der Waals surface area contributed by atoms with Crippen molar-refractivity contribution in [2.45, 2.75) is 116 Å². The Morgan fingerprint density at radius 1 is 0.690 bits per heavy atom. The predicted molar refractivity (Wildman–Crippen MR) is 124 cm³/mol. The maximum absolute atomic E-state index is 8.96. The molecular weight excluding hydrogens is 350 g/mol. The zero-order chi connectivity index (χ0) is 20.3. The molecule has 3 rings (SSSR count). The van der Waals surface area contributed by atoms with Crippen molar-refractivity contribution in [3.05, 3.63) is 35.4 Å². The number of unbranched alkanes of at least 4 members (excludes halogenated alkanes) is 3. The van der Waals surface area contributed by atoms with Crippen molar-refractivity contribution in [1.29, 1.82) is 5.26 Å². The number of nitrogens with zero attached hydrogens (tertiary/aromatic N) is 1. The molecule has 0 atom stereocenters. The molecule has 2 aliphatic rings. The number of hydrogen-bond donors (Lipinski definition) is 0. The zero-order valence-electron chi connectivity index (χ0n) is 18.9. The Hall–Kier alpha value is -1.29. The minimum atomic E-state index is 0.728. The second-order valence-corrected chi connectivity index (χ2v) is 10.1. The van der Waals surface area contributed by atoms with Crippen molar-refractivity contribution in [1.82, 2.24) is 0 Å². The molecule has 1 nitrogen and oxygen atoms in total. The van der Waals surface area contributed by atoms with Crippen LogP contribution < -0.4 is 0 Å². The van der Waals surface area contributed by atoms with Gasteiger partial charge in [-0.2, -0.15) is 5.26 Å². The summed E-state index contributed by atoms with van der Waals surface area (Å²) in [6, 6.07) is 10.6. The van der Waals surface area contributed by atoms with Crippen LogP contribution in [0.3, 0.4) is 0 Å².